The molecule has 0 spiro atoms. The van der Waals surface area contributed by atoms with E-state index in [1.54, 1.807) is 12.4 Å². The molecule has 0 bridgehead atoms. The van der Waals surface area contributed by atoms with Gasteiger partial charge in [-0.3, -0.25) is 9.55 Å². The summed E-state index contributed by atoms with van der Waals surface area (Å²) in [5.41, 5.74) is 10.3. The van der Waals surface area contributed by atoms with Crippen molar-refractivity contribution in [2.24, 2.45) is 0 Å². The van der Waals surface area contributed by atoms with Crippen LogP contribution in [0.3, 0.4) is 0 Å². The summed E-state index contributed by atoms with van der Waals surface area (Å²) in [7, 11) is 4.18. The third kappa shape index (κ3) is 3.39. The molecule has 3 heterocycles. The van der Waals surface area contributed by atoms with E-state index in [-0.39, 0.29) is 5.82 Å². The van der Waals surface area contributed by atoms with E-state index in [1.807, 2.05) is 10.6 Å². The number of anilines is 1. The topological polar surface area (TPSA) is 98.9 Å². The van der Waals surface area contributed by atoms with Crippen molar-refractivity contribution in [1.82, 2.24) is 29.7 Å². The molecule has 1 aromatic carbocycles. The average Bonchev–Trinajstić information content (AvgIpc) is 3.25. The molecule has 0 atom stereocenters. The van der Waals surface area contributed by atoms with Crippen molar-refractivity contribution in [1.29, 1.82) is 0 Å². The van der Waals surface area contributed by atoms with Gasteiger partial charge in [0.25, 0.3) is 0 Å². The number of fused-ring (bicyclic) bond motifs is 1. The van der Waals surface area contributed by atoms with Crippen molar-refractivity contribution in [2.45, 2.75) is 12.8 Å². The fourth-order valence-corrected chi connectivity index (χ4v) is 3.11. The third-order valence-electron chi connectivity index (χ3n) is 4.45. The molecule has 0 aliphatic rings. The van der Waals surface area contributed by atoms with Gasteiger partial charge in [0, 0.05) is 11.9 Å². The molecule has 138 valence electrons. The minimum absolute atomic E-state index is 0.208. The maximum atomic E-state index is 5.90. The van der Waals surface area contributed by atoms with E-state index < -0.39 is 0 Å². The molecule has 2 N–H and O–H groups in total. The largest absolute Gasteiger partial charge is 0.379 e. The number of hydrogen-bond donors (Lipinski definition) is 1. The maximum Gasteiger partial charge on any atom is 0.199 e. The summed E-state index contributed by atoms with van der Waals surface area (Å²) in [6.45, 7) is 1.07. The molecule has 0 saturated carbocycles. The molecule has 8 nitrogen and oxygen atoms in total. The summed E-state index contributed by atoms with van der Waals surface area (Å²) in [5, 5.41) is 7.60. The first-order valence-electron chi connectivity index (χ1n) is 8.78. The van der Waals surface area contributed by atoms with E-state index in [9.17, 15) is 0 Å². The zero-order valence-electron chi connectivity index (χ0n) is 15.3. The molecule has 4 rings (SSSR count). The summed E-state index contributed by atoms with van der Waals surface area (Å²) in [4.78, 5) is 11.0. The van der Waals surface area contributed by atoms with Gasteiger partial charge in [-0.05, 0) is 67.6 Å². The molecule has 0 aliphatic carbocycles. The second-order valence-corrected chi connectivity index (χ2v) is 6.71. The number of imidazole rings is 1. The number of nitrogens with zero attached hydrogens (tertiary/aromatic N) is 6. The maximum absolute atomic E-state index is 5.90. The zero-order valence-corrected chi connectivity index (χ0v) is 15.3. The van der Waals surface area contributed by atoms with E-state index in [1.165, 1.54) is 5.56 Å². The van der Waals surface area contributed by atoms with Crippen molar-refractivity contribution in [2.75, 3.05) is 26.4 Å². The Bertz CT molecular complexity index is 1050. The van der Waals surface area contributed by atoms with Crippen LogP contribution < -0.4 is 5.73 Å². The van der Waals surface area contributed by atoms with Crippen LogP contribution in [0.5, 0.6) is 0 Å². The highest BCUT2D eigenvalue weighted by Crippen LogP contribution is 2.29. The fourth-order valence-electron chi connectivity index (χ4n) is 3.11. The Labute approximate surface area is 156 Å². The van der Waals surface area contributed by atoms with Crippen molar-refractivity contribution in [3.63, 3.8) is 0 Å². The number of pyridine rings is 1. The van der Waals surface area contributed by atoms with E-state index in [4.69, 9.17) is 10.4 Å². The minimum atomic E-state index is 0.208. The van der Waals surface area contributed by atoms with Crippen LogP contribution in [0.2, 0.25) is 0 Å². The van der Waals surface area contributed by atoms with Crippen molar-refractivity contribution < 1.29 is 4.63 Å². The van der Waals surface area contributed by atoms with Gasteiger partial charge in [-0.1, -0.05) is 12.1 Å². The molecular formula is C19H21N7O. The summed E-state index contributed by atoms with van der Waals surface area (Å²) >= 11 is 0. The molecule has 27 heavy (non-hydrogen) atoms. The van der Waals surface area contributed by atoms with Gasteiger partial charge in [-0.25, -0.2) is 9.61 Å². The van der Waals surface area contributed by atoms with Crippen LogP contribution in [0.15, 0.2) is 47.4 Å². The van der Waals surface area contributed by atoms with Gasteiger partial charge in [-0.2, -0.15) is 0 Å². The van der Waals surface area contributed by atoms with Crippen molar-refractivity contribution in [3.8, 4) is 17.2 Å². The first-order valence-corrected chi connectivity index (χ1v) is 8.78. The lowest BCUT2D eigenvalue weighted by Gasteiger charge is -2.11. The molecule has 0 unspecified atom stereocenters. The first kappa shape index (κ1) is 17.2. The molecule has 0 radical (unpaired) electrons. The molecule has 3 aromatic heterocycles. The lowest BCUT2D eigenvalue weighted by molar-refractivity contribution is 0.310. The number of rotatable bonds is 6. The third-order valence-corrected chi connectivity index (χ3v) is 4.45. The highest BCUT2D eigenvalue weighted by Gasteiger charge is 2.20. The number of aromatic nitrogens is 5. The van der Waals surface area contributed by atoms with Crippen LogP contribution in [0.25, 0.3) is 28.2 Å². The molecule has 0 saturated heterocycles. The van der Waals surface area contributed by atoms with Crippen LogP contribution in [0.4, 0.5) is 5.82 Å². The number of hydrogen-bond acceptors (Lipinski definition) is 7. The van der Waals surface area contributed by atoms with E-state index in [0.717, 1.165) is 36.1 Å². The second-order valence-electron chi connectivity index (χ2n) is 6.71. The van der Waals surface area contributed by atoms with Crippen molar-refractivity contribution >= 4 is 16.9 Å². The van der Waals surface area contributed by atoms with Crippen LogP contribution >= 0.6 is 0 Å². The molecule has 4 aromatic rings. The lowest BCUT2D eigenvalue weighted by Crippen LogP contribution is -2.13. The normalized spacial score (nSPS) is 11.5. The summed E-state index contributed by atoms with van der Waals surface area (Å²) < 4.78 is 6.77. The Morgan fingerprint density at radius 1 is 1.11 bits per heavy atom. The van der Waals surface area contributed by atoms with Gasteiger partial charge in [0.05, 0.1) is 11.7 Å². The van der Waals surface area contributed by atoms with Crippen LogP contribution in [0.1, 0.15) is 12.0 Å². The Hall–Kier alpha value is -3.26. The minimum Gasteiger partial charge on any atom is -0.379 e. The van der Waals surface area contributed by atoms with E-state index in [0.29, 0.717) is 11.5 Å². The Morgan fingerprint density at radius 2 is 1.93 bits per heavy atom. The lowest BCUT2D eigenvalue weighted by atomic mass is 10.1. The fraction of sp³-hybridized carbons (Fsp3) is 0.263. The SMILES string of the molecule is CN(C)CCCc1ccc(-n2c(-c3nonc3N)nc3cnccc32)cc1. The number of nitrogens with two attached hydrogens (primary N) is 1. The van der Waals surface area contributed by atoms with Gasteiger partial charge < -0.3 is 10.6 Å². The van der Waals surface area contributed by atoms with Gasteiger partial charge >= 0.3 is 0 Å². The number of benzene rings is 1. The van der Waals surface area contributed by atoms with Crippen LogP contribution in [-0.2, 0) is 6.42 Å². The summed E-state index contributed by atoms with van der Waals surface area (Å²) in [6, 6.07) is 10.4. The predicted octanol–water partition coefficient (Wildman–Crippen LogP) is 2.55. The molecule has 0 aliphatic heterocycles. The molecule has 0 fully saturated rings. The zero-order chi connectivity index (χ0) is 18.8. The van der Waals surface area contributed by atoms with Gasteiger partial charge in [-0.15, -0.1) is 0 Å². The number of nitrogen functional groups attached to an aromatic ring is 1. The first-order chi connectivity index (χ1) is 13.1. The Balaban J connectivity index is 1.74. The Kier molecular flexibility index (Phi) is 4.55. The highest BCUT2D eigenvalue weighted by atomic mass is 16.6. The molecular weight excluding hydrogens is 342 g/mol. The van der Waals surface area contributed by atoms with Crippen LogP contribution in [0, 0.1) is 0 Å². The van der Waals surface area contributed by atoms with Gasteiger partial charge in [0.1, 0.15) is 5.52 Å². The quantitative estimate of drug-likeness (QED) is 0.562. The average molecular weight is 363 g/mol. The summed E-state index contributed by atoms with van der Waals surface area (Å²) in [5.74, 6) is 0.789. The summed E-state index contributed by atoms with van der Waals surface area (Å²) in [6.07, 6.45) is 5.62. The van der Waals surface area contributed by atoms with Crippen molar-refractivity contribution in [3.05, 3.63) is 48.3 Å². The van der Waals surface area contributed by atoms with E-state index >= 15 is 0 Å². The second kappa shape index (κ2) is 7.16. The number of aryl methyl sites for hydroxylation is 1. The van der Waals surface area contributed by atoms with Gasteiger partial charge in [0.2, 0.25) is 0 Å². The monoisotopic (exact) mass is 363 g/mol. The van der Waals surface area contributed by atoms with E-state index in [2.05, 4.69) is 63.5 Å². The highest BCUT2D eigenvalue weighted by molar-refractivity contribution is 5.83. The molecule has 8 heteroatoms. The van der Waals surface area contributed by atoms with Crippen LogP contribution in [-0.4, -0.2) is 50.4 Å². The van der Waals surface area contributed by atoms with Gasteiger partial charge in [0.15, 0.2) is 17.3 Å². The Morgan fingerprint density at radius 3 is 2.63 bits per heavy atom. The molecule has 0 amide bonds. The standard InChI is InChI=1S/C19H21N7O/c1-25(2)11-3-4-13-5-7-14(8-6-13)26-16-9-10-21-12-15(16)22-19(26)17-18(20)24-27-23-17/h5-10,12H,3-4,11H2,1-2H3,(H2,20,24). The predicted molar refractivity (Wildman–Crippen MR) is 103 cm³/mol. The smallest absolute Gasteiger partial charge is 0.199 e.